The molecule has 0 radical (unpaired) electrons. The van der Waals surface area contributed by atoms with Crippen molar-refractivity contribution in [1.82, 2.24) is 0 Å². The zero-order chi connectivity index (χ0) is 12.3. The number of carbonyl (C=O) groups is 1. The van der Waals surface area contributed by atoms with Crippen molar-refractivity contribution < 1.29 is 9.90 Å². The molecule has 1 N–H and O–H groups in total. The lowest BCUT2D eigenvalue weighted by atomic mass is 9.97. The molecule has 2 heteroatoms. The zero-order valence-electron chi connectivity index (χ0n) is 9.87. The molecule has 0 fully saturated rings. The molecule has 0 saturated heterocycles. The van der Waals surface area contributed by atoms with Crippen molar-refractivity contribution >= 4 is 5.78 Å². The van der Waals surface area contributed by atoms with Gasteiger partial charge < -0.3 is 5.11 Å². The van der Waals surface area contributed by atoms with Gasteiger partial charge in [0.2, 0.25) is 0 Å². The molecule has 0 amide bonds. The maximum Gasteiger partial charge on any atom is 0.166 e. The number of benzene rings is 1. The number of hydrogen-bond donors (Lipinski definition) is 1. The van der Waals surface area contributed by atoms with E-state index in [-0.39, 0.29) is 17.5 Å². The Bertz CT molecular complexity index is 451. The van der Waals surface area contributed by atoms with Crippen LogP contribution in [0.15, 0.2) is 12.1 Å². The fraction of sp³-hybridized carbons (Fsp3) is 0.357. The van der Waals surface area contributed by atoms with E-state index in [2.05, 4.69) is 5.92 Å². The number of aryl methyl sites for hydroxylation is 1. The minimum absolute atomic E-state index is 0.0623. The monoisotopic (exact) mass is 216 g/mol. The molecule has 0 bridgehead atoms. The van der Waals surface area contributed by atoms with Crippen molar-refractivity contribution in [2.24, 2.45) is 5.92 Å². The number of ketones is 1. The molecular weight excluding hydrogens is 200 g/mol. The van der Waals surface area contributed by atoms with E-state index in [1.165, 1.54) is 0 Å². The SMILES string of the molecule is C#Cc1cc(C)cc(C(=O)CC(C)C)c1O. The van der Waals surface area contributed by atoms with Gasteiger partial charge in [-0.05, 0) is 30.5 Å². The molecule has 2 nitrogen and oxygen atoms in total. The van der Waals surface area contributed by atoms with Crippen molar-refractivity contribution in [3.05, 3.63) is 28.8 Å². The minimum atomic E-state index is -0.0706. The van der Waals surface area contributed by atoms with Gasteiger partial charge >= 0.3 is 0 Å². The summed E-state index contributed by atoms with van der Waals surface area (Å²) in [6, 6.07) is 3.38. The van der Waals surface area contributed by atoms with Gasteiger partial charge in [-0.25, -0.2) is 0 Å². The lowest BCUT2D eigenvalue weighted by Gasteiger charge is -2.09. The number of terminal acetylenes is 1. The maximum atomic E-state index is 11.9. The maximum absolute atomic E-state index is 11.9. The summed E-state index contributed by atoms with van der Waals surface area (Å²) in [5.74, 6) is 2.51. The number of aromatic hydroxyl groups is 1. The molecule has 0 spiro atoms. The lowest BCUT2D eigenvalue weighted by molar-refractivity contribution is 0.0965. The predicted molar refractivity (Wildman–Crippen MR) is 64.6 cm³/mol. The van der Waals surface area contributed by atoms with Crippen LogP contribution in [0.25, 0.3) is 0 Å². The Morgan fingerprint density at radius 3 is 2.62 bits per heavy atom. The molecule has 1 aromatic carbocycles. The van der Waals surface area contributed by atoms with Crippen LogP contribution < -0.4 is 0 Å². The first kappa shape index (κ1) is 12.3. The molecule has 0 atom stereocenters. The number of hydrogen-bond acceptors (Lipinski definition) is 2. The van der Waals surface area contributed by atoms with Crippen LogP contribution >= 0.6 is 0 Å². The molecule has 0 saturated carbocycles. The molecular formula is C14H16O2. The highest BCUT2D eigenvalue weighted by molar-refractivity contribution is 5.99. The highest BCUT2D eigenvalue weighted by Gasteiger charge is 2.15. The first-order chi connectivity index (χ1) is 7.45. The molecule has 1 aromatic rings. The number of phenols is 1. The molecule has 84 valence electrons. The summed E-state index contributed by atoms with van der Waals surface area (Å²) in [7, 11) is 0. The van der Waals surface area contributed by atoms with Crippen LogP contribution in [-0.4, -0.2) is 10.9 Å². The van der Waals surface area contributed by atoms with E-state index < -0.39 is 0 Å². The molecule has 0 unspecified atom stereocenters. The summed E-state index contributed by atoms with van der Waals surface area (Å²) < 4.78 is 0. The van der Waals surface area contributed by atoms with Gasteiger partial charge in [-0.1, -0.05) is 19.8 Å². The summed E-state index contributed by atoms with van der Waals surface area (Å²) in [5.41, 5.74) is 1.60. The van der Waals surface area contributed by atoms with E-state index in [1.807, 2.05) is 20.8 Å². The Hall–Kier alpha value is -1.75. The Morgan fingerprint density at radius 2 is 2.12 bits per heavy atom. The highest BCUT2D eigenvalue weighted by Crippen LogP contribution is 2.25. The lowest BCUT2D eigenvalue weighted by Crippen LogP contribution is -2.05. The van der Waals surface area contributed by atoms with Crippen molar-refractivity contribution in [2.45, 2.75) is 27.2 Å². The van der Waals surface area contributed by atoms with Crippen LogP contribution in [0.1, 0.15) is 41.8 Å². The van der Waals surface area contributed by atoms with Gasteiger partial charge in [-0.15, -0.1) is 6.42 Å². The number of Topliss-reactive ketones (excluding diaryl/α,β-unsaturated/α-hetero) is 1. The Kier molecular flexibility index (Phi) is 3.73. The second-order valence-electron chi connectivity index (χ2n) is 4.37. The predicted octanol–water partition coefficient (Wildman–Crippen LogP) is 2.91. The third-order valence-electron chi connectivity index (χ3n) is 2.30. The van der Waals surface area contributed by atoms with E-state index in [0.717, 1.165) is 5.56 Å². The normalized spacial score (nSPS) is 10.2. The smallest absolute Gasteiger partial charge is 0.166 e. The van der Waals surface area contributed by atoms with E-state index in [0.29, 0.717) is 17.5 Å². The van der Waals surface area contributed by atoms with Crippen molar-refractivity contribution in [2.75, 3.05) is 0 Å². The standard InChI is InChI=1S/C14H16O2/c1-5-11-7-10(4)8-12(14(11)16)13(15)6-9(2)3/h1,7-9,16H,6H2,2-4H3. The van der Waals surface area contributed by atoms with Crippen LogP contribution in [0.4, 0.5) is 0 Å². The molecule has 0 aliphatic heterocycles. The fourth-order valence-electron chi connectivity index (χ4n) is 1.58. The van der Waals surface area contributed by atoms with Crippen molar-refractivity contribution in [1.29, 1.82) is 0 Å². The van der Waals surface area contributed by atoms with Crippen molar-refractivity contribution in [3.8, 4) is 18.1 Å². The van der Waals surface area contributed by atoms with E-state index in [1.54, 1.807) is 12.1 Å². The van der Waals surface area contributed by atoms with Gasteiger partial charge in [-0.3, -0.25) is 4.79 Å². The second kappa shape index (κ2) is 4.85. The first-order valence-corrected chi connectivity index (χ1v) is 5.29. The van der Waals surface area contributed by atoms with E-state index >= 15 is 0 Å². The van der Waals surface area contributed by atoms with Gasteiger partial charge in [0.05, 0.1) is 11.1 Å². The first-order valence-electron chi connectivity index (χ1n) is 5.29. The Morgan fingerprint density at radius 1 is 1.50 bits per heavy atom. The second-order valence-corrected chi connectivity index (χ2v) is 4.37. The molecule has 16 heavy (non-hydrogen) atoms. The van der Waals surface area contributed by atoms with Crippen LogP contribution in [0.2, 0.25) is 0 Å². The molecule has 0 aliphatic carbocycles. The van der Waals surface area contributed by atoms with E-state index in [9.17, 15) is 9.90 Å². The molecule has 1 rings (SSSR count). The third kappa shape index (κ3) is 2.64. The summed E-state index contributed by atoms with van der Waals surface area (Å²) in [4.78, 5) is 11.9. The average Bonchev–Trinajstić information content (AvgIpc) is 2.19. The van der Waals surface area contributed by atoms with Gasteiger partial charge in [-0.2, -0.15) is 0 Å². The van der Waals surface area contributed by atoms with Gasteiger partial charge in [0, 0.05) is 6.42 Å². The highest BCUT2D eigenvalue weighted by atomic mass is 16.3. The minimum Gasteiger partial charge on any atom is -0.506 e. The average molecular weight is 216 g/mol. The van der Waals surface area contributed by atoms with Gasteiger partial charge in [0.25, 0.3) is 0 Å². The molecule has 0 aromatic heterocycles. The number of rotatable bonds is 3. The van der Waals surface area contributed by atoms with Crippen molar-refractivity contribution in [3.63, 3.8) is 0 Å². The van der Waals surface area contributed by atoms with Crippen LogP contribution in [0.5, 0.6) is 5.75 Å². The quantitative estimate of drug-likeness (QED) is 0.623. The zero-order valence-corrected chi connectivity index (χ0v) is 9.87. The Labute approximate surface area is 96.3 Å². The largest absolute Gasteiger partial charge is 0.506 e. The molecule has 0 heterocycles. The Balaban J connectivity index is 3.19. The molecule has 0 aliphatic rings. The van der Waals surface area contributed by atoms with Gasteiger partial charge in [0.1, 0.15) is 5.75 Å². The van der Waals surface area contributed by atoms with E-state index in [4.69, 9.17) is 6.42 Å². The van der Waals surface area contributed by atoms with Crippen LogP contribution in [0, 0.1) is 25.2 Å². The van der Waals surface area contributed by atoms with Crippen LogP contribution in [-0.2, 0) is 0 Å². The summed E-state index contributed by atoms with van der Waals surface area (Å²) in [6.07, 6.45) is 5.69. The summed E-state index contributed by atoms with van der Waals surface area (Å²) >= 11 is 0. The third-order valence-corrected chi connectivity index (χ3v) is 2.30. The topological polar surface area (TPSA) is 37.3 Å². The summed E-state index contributed by atoms with van der Waals surface area (Å²) in [5, 5.41) is 9.83. The summed E-state index contributed by atoms with van der Waals surface area (Å²) in [6.45, 7) is 5.78. The van der Waals surface area contributed by atoms with Crippen LogP contribution in [0.3, 0.4) is 0 Å². The van der Waals surface area contributed by atoms with Gasteiger partial charge in [0.15, 0.2) is 5.78 Å². The number of phenolic OH excluding ortho intramolecular Hbond substituents is 1. The fourth-order valence-corrected chi connectivity index (χ4v) is 1.58. The number of carbonyl (C=O) groups excluding carboxylic acids is 1.